The Hall–Kier alpha value is -0.740. The first kappa shape index (κ1) is 7.89. The third-order valence-electron chi connectivity index (χ3n) is 1.98. The number of hydrogen-bond acceptors (Lipinski definition) is 4. The van der Waals surface area contributed by atoms with Crippen LogP contribution < -0.4 is 0 Å². The molecular weight excluding hydrogens is 174 g/mol. The summed E-state index contributed by atoms with van der Waals surface area (Å²) in [4.78, 5) is 16.2. The van der Waals surface area contributed by atoms with E-state index in [1.165, 1.54) is 11.3 Å². The fraction of sp³-hybridized carbons (Fsp3) is 0.500. The molecule has 1 aliphatic heterocycles. The molecule has 0 aliphatic carbocycles. The quantitative estimate of drug-likeness (QED) is 0.650. The molecular formula is C8H9NO2S. The highest BCUT2D eigenvalue weighted by molar-refractivity contribution is 7.11. The van der Waals surface area contributed by atoms with E-state index in [4.69, 9.17) is 4.74 Å². The molecule has 4 heteroatoms. The van der Waals surface area contributed by atoms with Gasteiger partial charge in [-0.05, 0) is 6.42 Å². The van der Waals surface area contributed by atoms with Gasteiger partial charge in [0, 0.05) is 18.7 Å². The Bertz CT molecular complexity index is 265. The summed E-state index contributed by atoms with van der Waals surface area (Å²) in [5.41, 5.74) is 1.68. The molecule has 0 bridgehead atoms. The molecule has 0 saturated carbocycles. The zero-order valence-corrected chi connectivity index (χ0v) is 7.34. The van der Waals surface area contributed by atoms with Crippen molar-refractivity contribution in [2.45, 2.75) is 6.42 Å². The van der Waals surface area contributed by atoms with Crippen LogP contribution in [0.2, 0.25) is 0 Å². The minimum Gasteiger partial charge on any atom is -0.381 e. The van der Waals surface area contributed by atoms with E-state index in [0.717, 1.165) is 17.9 Å². The van der Waals surface area contributed by atoms with Crippen LogP contribution in [0.3, 0.4) is 0 Å². The number of ether oxygens (including phenoxy) is 1. The Kier molecular flexibility index (Phi) is 2.19. The van der Waals surface area contributed by atoms with Crippen molar-refractivity contribution in [3.8, 4) is 0 Å². The normalized spacial score (nSPS) is 22.8. The van der Waals surface area contributed by atoms with E-state index in [1.807, 2.05) is 0 Å². The zero-order chi connectivity index (χ0) is 8.39. The number of nitrogens with zero attached hydrogens (tertiary/aromatic N) is 1. The molecule has 12 heavy (non-hydrogen) atoms. The highest BCUT2D eigenvalue weighted by Gasteiger charge is 2.25. The Morgan fingerprint density at radius 2 is 2.67 bits per heavy atom. The van der Waals surface area contributed by atoms with Crippen molar-refractivity contribution in [3.05, 3.63) is 16.6 Å². The van der Waals surface area contributed by atoms with Gasteiger partial charge in [0.05, 0.1) is 17.0 Å². The summed E-state index contributed by atoms with van der Waals surface area (Å²) in [5, 5.41) is 0. The lowest BCUT2D eigenvalue weighted by molar-refractivity contribution is 0.0904. The topological polar surface area (TPSA) is 39.2 Å². The predicted octanol–water partition coefficient (Wildman–Crippen LogP) is 1.36. The van der Waals surface area contributed by atoms with E-state index >= 15 is 0 Å². The summed E-state index contributed by atoms with van der Waals surface area (Å²) >= 11 is 1.40. The van der Waals surface area contributed by atoms with Crippen molar-refractivity contribution in [2.24, 2.45) is 5.92 Å². The van der Waals surface area contributed by atoms with E-state index in [0.29, 0.717) is 6.61 Å². The lowest BCUT2D eigenvalue weighted by Gasteiger charge is -2.01. The second-order valence-electron chi connectivity index (χ2n) is 2.79. The molecule has 0 aromatic carbocycles. The second kappa shape index (κ2) is 3.33. The van der Waals surface area contributed by atoms with Crippen molar-refractivity contribution in [1.29, 1.82) is 0 Å². The molecule has 1 aliphatic rings. The fourth-order valence-electron chi connectivity index (χ4n) is 1.28. The number of ketones is 1. The zero-order valence-electron chi connectivity index (χ0n) is 6.53. The van der Waals surface area contributed by atoms with Crippen molar-refractivity contribution in [3.63, 3.8) is 0 Å². The van der Waals surface area contributed by atoms with Gasteiger partial charge in [0.25, 0.3) is 0 Å². The largest absolute Gasteiger partial charge is 0.381 e. The van der Waals surface area contributed by atoms with E-state index in [-0.39, 0.29) is 11.7 Å². The maximum Gasteiger partial charge on any atom is 0.179 e. The first-order valence-electron chi connectivity index (χ1n) is 3.88. The van der Waals surface area contributed by atoms with Gasteiger partial charge in [0.1, 0.15) is 0 Å². The van der Waals surface area contributed by atoms with Crippen LogP contribution in [0.15, 0.2) is 11.7 Å². The molecule has 2 rings (SSSR count). The van der Waals surface area contributed by atoms with Crippen LogP contribution in [0.1, 0.15) is 16.1 Å². The van der Waals surface area contributed by atoms with Crippen molar-refractivity contribution in [2.75, 3.05) is 13.2 Å². The number of hydrogen-bond donors (Lipinski definition) is 0. The highest BCUT2D eigenvalue weighted by Crippen LogP contribution is 2.19. The average Bonchev–Trinajstić information content (AvgIpc) is 2.77. The molecule has 0 spiro atoms. The summed E-state index contributed by atoms with van der Waals surface area (Å²) in [6, 6.07) is 0. The minimum atomic E-state index is 0.0745. The molecule has 3 nitrogen and oxygen atoms in total. The lowest BCUT2D eigenvalue weighted by Crippen LogP contribution is -2.12. The van der Waals surface area contributed by atoms with Crippen LogP contribution >= 0.6 is 11.3 Å². The molecule has 0 radical (unpaired) electrons. The SMILES string of the molecule is O=C(c1cncs1)C1CCOC1. The van der Waals surface area contributed by atoms with Crippen LogP contribution in [0.25, 0.3) is 0 Å². The third kappa shape index (κ3) is 1.40. The van der Waals surface area contributed by atoms with Gasteiger partial charge in [0.15, 0.2) is 5.78 Å². The minimum absolute atomic E-state index is 0.0745. The molecule has 1 aromatic heterocycles. The number of carbonyl (C=O) groups excluding carboxylic acids is 1. The van der Waals surface area contributed by atoms with Gasteiger partial charge in [-0.15, -0.1) is 11.3 Å². The molecule has 0 N–H and O–H groups in total. The van der Waals surface area contributed by atoms with Crippen LogP contribution in [0, 0.1) is 5.92 Å². The van der Waals surface area contributed by atoms with Gasteiger partial charge in [0.2, 0.25) is 0 Å². The van der Waals surface area contributed by atoms with Crippen molar-refractivity contribution >= 4 is 17.1 Å². The molecule has 1 aromatic rings. The van der Waals surface area contributed by atoms with Gasteiger partial charge >= 0.3 is 0 Å². The Labute approximate surface area is 74.4 Å². The maximum absolute atomic E-state index is 11.6. The number of thiazole rings is 1. The van der Waals surface area contributed by atoms with Gasteiger partial charge in [-0.3, -0.25) is 9.78 Å². The van der Waals surface area contributed by atoms with Crippen molar-refractivity contribution < 1.29 is 9.53 Å². The molecule has 2 heterocycles. The van der Waals surface area contributed by atoms with Crippen LogP contribution in [0.5, 0.6) is 0 Å². The molecule has 0 amide bonds. The second-order valence-corrected chi connectivity index (χ2v) is 3.68. The van der Waals surface area contributed by atoms with Crippen LogP contribution in [-0.2, 0) is 4.74 Å². The van der Waals surface area contributed by atoms with Crippen molar-refractivity contribution in [1.82, 2.24) is 4.98 Å². The van der Waals surface area contributed by atoms with E-state index in [1.54, 1.807) is 11.7 Å². The third-order valence-corrected chi connectivity index (χ3v) is 2.76. The maximum atomic E-state index is 11.6. The molecule has 1 fully saturated rings. The summed E-state index contributed by atoms with van der Waals surface area (Å²) in [7, 11) is 0. The summed E-state index contributed by atoms with van der Waals surface area (Å²) in [5.74, 6) is 0.264. The molecule has 64 valence electrons. The Balaban J connectivity index is 2.09. The smallest absolute Gasteiger partial charge is 0.179 e. The lowest BCUT2D eigenvalue weighted by atomic mass is 10.0. The number of carbonyl (C=O) groups is 1. The van der Waals surface area contributed by atoms with E-state index < -0.39 is 0 Å². The standard InChI is InChI=1S/C8H9NO2S/c10-8(6-1-2-11-4-6)7-3-9-5-12-7/h3,5-6H,1-2,4H2. The summed E-state index contributed by atoms with van der Waals surface area (Å²) < 4.78 is 5.14. The van der Waals surface area contributed by atoms with E-state index in [2.05, 4.69) is 4.98 Å². The number of Topliss-reactive ketones (excluding diaryl/α,β-unsaturated/α-hetero) is 1. The van der Waals surface area contributed by atoms with Gasteiger partial charge < -0.3 is 4.74 Å². The van der Waals surface area contributed by atoms with Crippen LogP contribution in [-0.4, -0.2) is 24.0 Å². The Morgan fingerprint density at radius 3 is 3.25 bits per heavy atom. The van der Waals surface area contributed by atoms with Gasteiger partial charge in [-0.1, -0.05) is 0 Å². The first-order chi connectivity index (χ1) is 5.88. The van der Waals surface area contributed by atoms with Gasteiger partial charge in [-0.25, -0.2) is 0 Å². The number of aromatic nitrogens is 1. The number of rotatable bonds is 2. The monoisotopic (exact) mass is 183 g/mol. The van der Waals surface area contributed by atoms with E-state index in [9.17, 15) is 4.79 Å². The first-order valence-corrected chi connectivity index (χ1v) is 4.76. The summed E-state index contributed by atoms with van der Waals surface area (Å²) in [6.45, 7) is 1.30. The van der Waals surface area contributed by atoms with Crippen LogP contribution in [0.4, 0.5) is 0 Å². The molecule has 1 unspecified atom stereocenters. The Morgan fingerprint density at radius 1 is 1.75 bits per heavy atom. The molecule has 1 saturated heterocycles. The fourth-order valence-corrected chi connectivity index (χ4v) is 1.92. The average molecular weight is 183 g/mol. The highest BCUT2D eigenvalue weighted by atomic mass is 32.1. The summed E-state index contributed by atoms with van der Waals surface area (Å²) in [6.07, 6.45) is 2.49. The predicted molar refractivity (Wildman–Crippen MR) is 45.4 cm³/mol. The molecule has 1 atom stereocenters. The van der Waals surface area contributed by atoms with Gasteiger partial charge in [-0.2, -0.15) is 0 Å².